The van der Waals surface area contributed by atoms with Crippen LogP contribution in [0.5, 0.6) is 0 Å². The van der Waals surface area contributed by atoms with Gasteiger partial charge in [0.1, 0.15) is 0 Å². The van der Waals surface area contributed by atoms with Gasteiger partial charge < -0.3 is 20.2 Å². The fourth-order valence-electron chi connectivity index (χ4n) is 3.00. The Kier molecular flexibility index (Phi) is 4.33. The van der Waals surface area contributed by atoms with Crippen LogP contribution in [0.1, 0.15) is 6.42 Å². The number of aliphatic hydroxyl groups excluding tert-OH is 1. The monoisotopic (exact) mass is 309 g/mol. The molecule has 0 bridgehead atoms. The molecule has 0 saturated carbocycles. The van der Waals surface area contributed by atoms with Crippen LogP contribution in [0.3, 0.4) is 0 Å². The lowest BCUT2D eigenvalue weighted by Gasteiger charge is -2.37. The molecule has 2 unspecified atom stereocenters. The standard InChI is InChI=1S/C15H20ClN3O2/c16-12-3-1-2-4-14(12)18-5-7-19(8-6-18)15(21)13-9-11(20)10-17-13/h1-4,11,13,17,20H,5-10H2. The van der Waals surface area contributed by atoms with Crippen LogP contribution >= 0.6 is 11.6 Å². The molecule has 6 heteroatoms. The van der Waals surface area contributed by atoms with Gasteiger partial charge in [-0.3, -0.25) is 4.79 Å². The number of nitrogens with one attached hydrogen (secondary N) is 1. The van der Waals surface area contributed by atoms with E-state index in [1.54, 1.807) is 0 Å². The lowest BCUT2D eigenvalue weighted by atomic mass is 10.1. The van der Waals surface area contributed by atoms with Gasteiger partial charge >= 0.3 is 0 Å². The molecule has 2 heterocycles. The van der Waals surface area contributed by atoms with E-state index in [4.69, 9.17) is 11.6 Å². The van der Waals surface area contributed by atoms with Crippen molar-refractivity contribution in [3.8, 4) is 0 Å². The summed E-state index contributed by atoms with van der Waals surface area (Å²) in [6, 6.07) is 7.56. The van der Waals surface area contributed by atoms with Crippen molar-refractivity contribution in [3.63, 3.8) is 0 Å². The van der Waals surface area contributed by atoms with E-state index in [9.17, 15) is 9.90 Å². The zero-order valence-electron chi connectivity index (χ0n) is 11.8. The van der Waals surface area contributed by atoms with Gasteiger partial charge in [0, 0.05) is 32.7 Å². The minimum Gasteiger partial charge on any atom is -0.392 e. The molecule has 3 rings (SSSR count). The number of benzene rings is 1. The number of nitrogens with zero attached hydrogens (tertiary/aromatic N) is 2. The lowest BCUT2D eigenvalue weighted by Crippen LogP contribution is -2.53. The summed E-state index contributed by atoms with van der Waals surface area (Å²) in [6.07, 6.45) is 0.118. The molecule has 2 N–H and O–H groups in total. The first-order valence-corrected chi connectivity index (χ1v) is 7.72. The highest BCUT2D eigenvalue weighted by atomic mass is 35.5. The van der Waals surface area contributed by atoms with Gasteiger partial charge in [0.2, 0.25) is 5.91 Å². The third-order valence-electron chi connectivity index (χ3n) is 4.19. The maximum atomic E-state index is 12.4. The number of aliphatic hydroxyl groups is 1. The summed E-state index contributed by atoms with van der Waals surface area (Å²) < 4.78 is 0. The van der Waals surface area contributed by atoms with Crippen molar-refractivity contribution in [2.24, 2.45) is 0 Å². The van der Waals surface area contributed by atoms with Crippen LogP contribution in [0.2, 0.25) is 5.02 Å². The molecule has 0 aliphatic carbocycles. The van der Waals surface area contributed by atoms with Crippen LogP contribution in [-0.4, -0.2) is 60.8 Å². The summed E-state index contributed by atoms with van der Waals surface area (Å²) in [5, 5.41) is 13.3. The van der Waals surface area contributed by atoms with Gasteiger partial charge in [-0.1, -0.05) is 23.7 Å². The first-order chi connectivity index (χ1) is 10.1. The van der Waals surface area contributed by atoms with Gasteiger partial charge in [0.15, 0.2) is 0 Å². The largest absolute Gasteiger partial charge is 0.392 e. The smallest absolute Gasteiger partial charge is 0.239 e. The Morgan fingerprint density at radius 1 is 1.24 bits per heavy atom. The number of anilines is 1. The molecule has 114 valence electrons. The van der Waals surface area contributed by atoms with Gasteiger partial charge in [-0.25, -0.2) is 0 Å². The van der Waals surface area contributed by atoms with Crippen LogP contribution < -0.4 is 10.2 Å². The maximum absolute atomic E-state index is 12.4. The highest BCUT2D eigenvalue weighted by molar-refractivity contribution is 6.33. The normalized spacial score (nSPS) is 26.2. The van der Waals surface area contributed by atoms with Crippen LogP contribution in [0.4, 0.5) is 5.69 Å². The molecule has 5 nitrogen and oxygen atoms in total. The number of rotatable bonds is 2. The fourth-order valence-corrected chi connectivity index (χ4v) is 3.26. The van der Waals surface area contributed by atoms with Crippen molar-refractivity contribution in [2.45, 2.75) is 18.6 Å². The second kappa shape index (κ2) is 6.22. The van der Waals surface area contributed by atoms with E-state index in [1.165, 1.54) is 0 Å². The first kappa shape index (κ1) is 14.6. The van der Waals surface area contributed by atoms with E-state index in [1.807, 2.05) is 29.2 Å². The summed E-state index contributed by atoms with van der Waals surface area (Å²) in [7, 11) is 0. The number of carbonyl (C=O) groups excluding carboxylic acids is 1. The number of halogens is 1. The topological polar surface area (TPSA) is 55.8 Å². The fraction of sp³-hybridized carbons (Fsp3) is 0.533. The van der Waals surface area contributed by atoms with E-state index < -0.39 is 6.10 Å². The van der Waals surface area contributed by atoms with E-state index in [0.717, 1.165) is 23.8 Å². The number of para-hydroxylation sites is 1. The average molecular weight is 310 g/mol. The Labute approximate surface area is 129 Å². The Hall–Kier alpha value is -1.30. The molecule has 2 atom stereocenters. The molecule has 0 spiro atoms. The molecule has 1 amide bonds. The molecule has 1 aromatic carbocycles. The highest BCUT2D eigenvalue weighted by Crippen LogP contribution is 2.26. The zero-order valence-corrected chi connectivity index (χ0v) is 12.6. The Morgan fingerprint density at radius 2 is 1.95 bits per heavy atom. The van der Waals surface area contributed by atoms with Gasteiger partial charge in [0.05, 0.1) is 22.9 Å². The third-order valence-corrected chi connectivity index (χ3v) is 4.51. The predicted octanol–water partition coefficient (Wildman–Crippen LogP) is 0.711. The SMILES string of the molecule is O=C(C1CC(O)CN1)N1CCN(c2ccccc2Cl)CC1. The Morgan fingerprint density at radius 3 is 2.57 bits per heavy atom. The molecular weight excluding hydrogens is 290 g/mol. The number of hydrogen-bond acceptors (Lipinski definition) is 4. The number of hydrogen-bond donors (Lipinski definition) is 2. The molecule has 2 fully saturated rings. The first-order valence-electron chi connectivity index (χ1n) is 7.35. The second-order valence-electron chi connectivity index (χ2n) is 5.61. The van der Waals surface area contributed by atoms with Crippen LogP contribution in [0.25, 0.3) is 0 Å². The Balaban J connectivity index is 1.58. The average Bonchev–Trinajstić information content (AvgIpc) is 2.94. The van der Waals surface area contributed by atoms with Gasteiger partial charge in [0.25, 0.3) is 0 Å². The minimum absolute atomic E-state index is 0.102. The molecular formula is C15H20ClN3O2. The summed E-state index contributed by atoms with van der Waals surface area (Å²) >= 11 is 6.22. The number of amides is 1. The van der Waals surface area contributed by atoms with Crippen molar-refractivity contribution in [1.29, 1.82) is 0 Å². The third kappa shape index (κ3) is 3.15. The molecule has 0 aromatic heterocycles. The van der Waals surface area contributed by atoms with Crippen molar-refractivity contribution in [2.75, 3.05) is 37.6 Å². The molecule has 1 aromatic rings. The molecule has 21 heavy (non-hydrogen) atoms. The van der Waals surface area contributed by atoms with Gasteiger partial charge in [-0.2, -0.15) is 0 Å². The predicted molar refractivity (Wildman–Crippen MR) is 82.7 cm³/mol. The summed E-state index contributed by atoms with van der Waals surface area (Å²) in [6.45, 7) is 3.46. The lowest BCUT2D eigenvalue weighted by molar-refractivity contribution is -0.133. The zero-order chi connectivity index (χ0) is 14.8. The van der Waals surface area contributed by atoms with Crippen molar-refractivity contribution in [3.05, 3.63) is 29.3 Å². The van der Waals surface area contributed by atoms with Crippen LogP contribution in [0, 0.1) is 0 Å². The summed E-state index contributed by atoms with van der Waals surface area (Å²) in [4.78, 5) is 16.5. The molecule has 2 saturated heterocycles. The minimum atomic E-state index is -0.400. The highest BCUT2D eigenvalue weighted by Gasteiger charge is 2.32. The van der Waals surface area contributed by atoms with Crippen LogP contribution in [0.15, 0.2) is 24.3 Å². The van der Waals surface area contributed by atoms with Gasteiger partial charge in [-0.15, -0.1) is 0 Å². The number of β-amino-alcohol motifs (C(OH)–C–C–N with tert-alkyl or cyclic N) is 1. The molecule has 2 aliphatic rings. The van der Waals surface area contributed by atoms with E-state index in [2.05, 4.69) is 10.2 Å². The number of carbonyl (C=O) groups is 1. The second-order valence-corrected chi connectivity index (χ2v) is 6.02. The van der Waals surface area contributed by atoms with Crippen molar-refractivity contribution >= 4 is 23.2 Å². The number of piperazine rings is 1. The van der Waals surface area contributed by atoms with E-state index in [0.29, 0.717) is 26.1 Å². The Bertz CT molecular complexity index is 517. The molecule has 2 aliphatic heterocycles. The van der Waals surface area contributed by atoms with Gasteiger partial charge in [-0.05, 0) is 18.6 Å². The summed E-state index contributed by atoms with van der Waals surface area (Å²) in [5.41, 5.74) is 1.03. The van der Waals surface area contributed by atoms with Crippen molar-refractivity contribution < 1.29 is 9.90 Å². The van der Waals surface area contributed by atoms with E-state index in [-0.39, 0.29) is 11.9 Å². The maximum Gasteiger partial charge on any atom is 0.239 e. The quantitative estimate of drug-likeness (QED) is 0.845. The summed E-state index contributed by atoms with van der Waals surface area (Å²) in [5.74, 6) is 0.102. The van der Waals surface area contributed by atoms with Crippen LogP contribution in [-0.2, 0) is 4.79 Å². The molecule has 0 radical (unpaired) electrons. The van der Waals surface area contributed by atoms with Crippen molar-refractivity contribution in [1.82, 2.24) is 10.2 Å². The van der Waals surface area contributed by atoms with E-state index >= 15 is 0 Å².